The van der Waals surface area contributed by atoms with Crippen LogP contribution in [-0.2, 0) is 0 Å². The van der Waals surface area contributed by atoms with Crippen LogP contribution in [0.5, 0.6) is 0 Å². The second kappa shape index (κ2) is 8.35. The molecule has 1 rings (SSSR count). The zero-order valence-corrected chi connectivity index (χ0v) is 14.3. The van der Waals surface area contributed by atoms with Gasteiger partial charge in [0.25, 0.3) is 0 Å². The quantitative estimate of drug-likeness (QED) is 0.795. The first-order valence-electron chi connectivity index (χ1n) is 7.72. The summed E-state index contributed by atoms with van der Waals surface area (Å²) in [7, 11) is 6.00. The average Bonchev–Trinajstić information content (AvgIpc) is 2.41. The average molecular weight is 295 g/mol. The summed E-state index contributed by atoms with van der Waals surface area (Å²) in [6.07, 6.45) is 0. The maximum atomic E-state index is 14.3. The molecule has 0 aliphatic rings. The van der Waals surface area contributed by atoms with Crippen molar-refractivity contribution < 1.29 is 4.39 Å². The zero-order valence-electron chi connectivity index (χ0n) is 14.3. The number of likely N-dealkylation sites (N-methyl/N-ethyl adjacent to an activating group) is 1. The molecule has 0 fully saturated rings. The van der Waals surface area contributed by atoms with Gasteiger partial charge in [0.05, 0.1) is 0 Å². The third-order valence-electron chi connectivity index (χ3n) is 3.64. The number of hydrogen-bond donors (Lipinski definition) is 1. The number of benzene rings is 1. The SMILES string of the molecule is CNC(C)c1c(F)cccc1N(CCN(C)C)CC(C)C. The van der Waals surface area contributed by atoms with E-state index < -0.39 is 0 Å². The molecular weight excluding hydrogens is 265 g/mol. The van der Waals surface area contributed by atoms with Crippen LogP contribution in [0.3, 0.4) is 0 Å². The number of rotatable bonds is 8. The monoisotopic (exact) mass is 295 g/mol. The Balaban J connectivity index is 3.13. The van der Waals surface area contributed by atoms with Crippen LogP contribution in [-0.4, -0.2) is 45.7 Å². The Bertz CT molecular complexity index is 432. The van der Waals surface area contributed by atoms with E-state index in [4.69, 9.17) is 0 Å². The highest BCUT2D eigenvalue weighted by atomic mass is 19.1. The summed E-state index contributed by atoms with van der Waals surface area (Å²) in [5.74, 6) is 0.404. The summed E-state index contributed by atoms with van der Waals surface area (Å²) < 4.78 is 14.3. The minimum Gasteiger partial charge on any atom is -0.370 e. The molecule has 1 atom stereocenters. The van der Waals surface area contributed by atoms with Crippen molar-refractivity contribution >= 4 is 5.69 Å². The van der Waals surface area contributed by atoms with Crippen LogP contribution in [0.2, 0.25) is 0 Å². The van der Waals surface area contributed by atoms with E-state index in [2.05, 4.69) is 43.1 Å². The third kappa shape index (κ3) is 5.29. The van der Waals surface area contributed by atoms with Crippen molar-refractivity contribution in [1.29, 1.82) is 0 Å². The van der Waals surface area contributed by atoms with Crippen molar-refractivity contribution in [2.75, 3.05) is 45.7 Å². The summed E-state index contributed by atoms with van der Waals surface area (Å²) in [4.78, 5) is 4.46. The first-order chi connectivity index (χ1) is 9.86. The van der Waals surface area contributed by atoms with E-state index in [9.17, 15) is 4.39 Å². The van der Waals surface area contributed by atoms with Gasteiger partial charge < -0.3 is 15.1 Å². The molecular formula is C17H30FN3. The van der Waals surface area contributed by atoms with Gasteiger partial charge in [0.2, 0.25) is 0 Å². The van der Waals surface area contributed by atoms with E-state index in [0.717, 1.165) is 30.9 Å². The molecule has 0 heterocycles. The summed E-state index contributed by atoms with van der Waals surface area (Å²) in [5.41, 5.74) is 1.77. The number of hydrogen-bond acceptors (Lipinski definition) is 3. The third-order valence-corrected chi connectivity index (χ3v) is 3.64. The molecule has 1 aromatic carbocycles. The van der Waals surface area contributed by atoms with Crippen molar-refractivity contribution in [1.82, 2.24) is 10.2 Å². The Morgan fingerprint density at radius 1 is 1.14 bits per heavy atom. The van der Waals surface area contributed by atoms with Crippen LogP contribution in [0.4, 0.5) is 10.1 Å². The fourth-order valence-electron chi connectivity index (χ4n) is 2.45. The van der Waals surface area contributed by atoms with Crippen LogP contribution in [0.1, 0.15) is 32.4 Å². The molecule has 1 aromatic rings. The second-order valence-electron chi connectivity index (χ2n) is 6.33. The molecule has 0 aliphatic heterocycles. The first kappa shape index (κ1) is 17.9. The van der Waals surface area contributed by atoms with Gasteiger partial charge in [-0.2, -0.15) is 0 Å². The van der Waals surface area contributed by atoms with Crippen molar-refractivity contribution in [3.63, 3.8) is 0 Å². The van der Waals surface area contributed by atoms with Crippen LogP contribution in [0.25, 0.3) is 0 Å². The minimum atomic E-state index is -0.132. The lowest BCUT2D eigenvalue weighted by Crippen LogP contribution is -2.35. The molecule has 0 spiro atoms. The Labute approximate surface area is 129 Å². The topological polar surface area (TPSA) is 18.5 Å². The van der Waals surface area contributed by atoms with Crippen molar-refractivity contribution in [2.45, 2.75) is 26.8 Å². The van der Waals surface area contributed by atoms with E-state index in [1.807, 2.05) is 20.0 Å². The highest BCUT2D eigenvalue weighted by molar-refractivity contribution is 5.55. The van der Waals surface area contributed by atoms with Gasteiger partial charge in [-0.15, -0.1) is 0 Å². The molecule has 4 heteroatoms. The van der Waals surface area contributed by atoms with Gasteiger partial charge in [-0.1, -0.05) is 19.9 Å². The van der Waals surface area contributed by atoms with Crippen LogP contribution >= 0.6 is 0 Å². The van der Waals surface area contributed by atoms with Gasteiger partial charge in [0.15, 0.2) is 0 Å². The largest absolute Gasteiger partial charge is 0.370 e. The highest BCUT2D eigenvalue weighted by Crippen LogP contribution is 2.29. The van der Waals surface area contributed by atoms with Crippen LogP contribution in [0.15, 0.2) is 18.2 Å². The summed E-state index contributed by atoms with van der Waals surface area (Å²) in [6, 6.07) is 5.38. The Hall–Kier alpha value is -1.13. The van der Waals surface area contributed by atoms with E-state index in [0.29, 0.717) is 5.92 Å². The molecule has 0 bridgehead atoms. The lowest BCUT2D eigenvalue weighted by Gasteiger charge is -2.31. The maximum absolute atomic E-state index is 14.3. The van der Waals surface area contributed by atoms with Crippen molar-refractivity contribution in [3.05, 3.63) is 29.6 Å². The molecule has 1 unspecified atom stereocenters. The second-order valence-corrected chi connectivity index (χ2v) is 6.33. The number of nitrogens with one attached hydrogen (secondary N) is 1. The highest BCUT2D eigenvalue weighted by Gasteiger charge is 2.19. The Morgan fingerprint density at radius 3 is 2.33 bits per heavy atom. The Kier molecular flexibility index (Phi) is 7.12. The number of nitrogens with zero attached hydrogens (tertiary/aromatic N) is 2. The molecule has 120 valence electrons. The normalized spacial score (nSPS) is 13.0. The van der Waals surface area contributed by atoms with Gasteiger partial charge in [-0.3, -0.25) is 0 Å². The lowest BCUT2D eigenvalue weighted by molar-refractivity contribution is 0.408. The summed E-state index contributed by atoms with van der Waals surface area (Å²) in [5, 5.41) is 3.16. The lowest BCUT2D eigenvalue weighted by atomic mass is 10.0. The fourth-order valence-corrected chi connectivity index (χ4v) is 2.45. The summed E-state index contributed by atoms with van der Waals surface area (Å²) >= 11 is 0. The smallest absolute Gasteiger partial charge is 0.130 e. The molecule has 0 radical (unpaired) electrons. The maximum Gasteiger partial charge on any atom is 0.130 e. The standard InChI is InChI=1S/C17H30FN3/c1-13(2)12-21(11-10-20(5)6)16-9-7-8-15(18)17(16)14(3)19-4/h7-9,13-14,19H,10-12H2,1-6H3. The van der Waals surface area contributed by atoms with Gasteiger partial charge in [0.1, 0.15) is 5.82 Å². The van der Waals surface area contributed by atoms with Crippen LogP contribution in [0, 0.1) is 11.7 Å². The molecule has 0 amide bonds. The van der Waals surface area contributed by atoms with Gasteiger partial charge >= 0.3 is 0 Å². The molecule has 0 aliphatic carbocycles. The zero-order chi connectivity index (χ0) is 16.0. The minimum absolute atomic E-state index is 0.00443. The predicted molar refractivity (Wildman–Crippen MR) is 89.5 cm³/mol. The Morgan fingerprint density at radius 2 is 1.81 bits per heavy atom. The predicted octanol–water partition coefficient (Wildman–Crippen LogP) is 3.13. The molecule has 21 heavy (non-hydrogen) atoms. The molecule has 3 nitrogen and oxygen atoms in total. The van der Waals surface area contributed by atoms with Gasteiger partial charge in [-0.25, -0.2) is 4.39 Å². The molecule has 1 N–H and O–H groups in total. The molecule has 0 saturated heterocycles. The molecule has 0 saturated carbocycles. The van der Waals surface area contributed by atoms with E-state index >= 15 is 0 Å². The van der Waals surface area contributed by atoms with E-state index in [1.54, 1.807) is 12.1 Å². The van der Waals surface area contributed by atoms with E-state index in [1.165, 1.54) is 0 Å². The van der Waals surface area contributed by atoms with Gasteiger partial charge in [-0.05, 0) is 46.1 Å². The van der Waals surface area contributed by atoms with E-state index in [-0.39, 0.29) is 11.9 Å². The van der Waals surface area contributed by atoms with Gasteiger partial charge in [0, 0.05) is 36.9 Å². The number of anilines is 1. The van der Waals surface area contributed by atoms with Crippen LogP contribution < -0.4 is 10.2 Å². The number of halogens is 1. The first-order valence-corrected chi connectivity index (χ1v) is 7.72. The molecule has 0 aromatic heterocycles. The fraction of sp³-hybridized carbons (Fsp3) is 0.647. The van der Waals surface area contributed by atoms with Crippen molar-refractivity contribution in [3.8, 4) is 0 Å². The van der Waals surface area contributed by atoms with Crippen molar-refractivity contribution in [2.24, 2.45) is 5.92 Å². The summed E-state index contributed by atoms with van der Waals surface area (Å²) in [6.45, 7) is 9.18.